The molecule has 146 valence electrons. The van der Waals surface area contributed by atoms with Gasteiger partial charge in [0.05, 0.1) is 5.69 Å². The lowest BCUT2D eigenvalue weighted by Crippen LogP contribution is -2.51. The van der Waals surface area contributed by atoms with Crippen LogP contribution in [0.3, 0.4) is 0 Å². The number of hydrogen-bond donors (Lipinski definition) is 0. The Bertz CT molecular complexity index is 933. The predicted molar refractivity (Wildman–Crippen MR) is 109 cm³/mol. The highest BCUT2D eigenvalue weighted by Crippen LogP contribution is 2.19. The van der Waals surface area contributed by atoms with Gasteiger partial charge in [0, 0.05) is 50.1 Å². The minimum Gasteiger partial charge on any atom is -0.481 e. The molecule has 0 spiro atoms. The zero-order chi connectivity index (χ0) is 19.5. The van der Waals surface area contributed by atoms with Crippen LogP contribution in [-0.2, 0) is 11.3 Å². The van der Waals surface area contributed by atoms with Crippen molar-refractivity contribution in [2.24, 2.45) is 0 Å². The van der Waals surface area contributed by atoms with E-state index in [0.29, 0.717) is 23.9 Å². The number of nitrogens with zero attached hydrogens (tertiary/aromatic N) is 4. The Morgan fingerprint density at radius 1 is 1.18 bits per heavy atom. The first-order valence-corrected chi connectivity index (χ1v) is 9.82. The third-order valence-corrected chi connectivity index (χ3v) is 5.18. The summed E-state index contributed by atoms with van der Waals surface area (Å²) in [5.74, 6) is 0.617. The number of fused-ring (bicyclic) bond motifs is 1. The molecule has 0 bridgehead atoms. The molecule has 6 nitrogen and oxygen atoms in total. The molecule has 1 fully saturated rings. The van der Waals surface area contributed by atoms with Crippen molar-refractivity contribution in [1.29, 1.82) is 0 Å². The Labute approximate surface area is 169 Å². The summed E-state index contributed by atoms with van der Waals surface area (Å²) >= 11 is 5.98. The zero-order valence-corrected chi connectivity index (χ0v) is 16.5. The van der Waals surface area contributed by atoms with E-state index in [0.717, 1.165) is 31.0 Å². The van der Waals surface area contributed by atoms with Gasteiger partial charge in [0.2, 0.25) is 0 Å². The summed E-state index contributed by atoms with van der Waals surface area (Å²) in [5, 5.41) is 0.595. The van der Waals surface area contributed by atoms with Gasteiger partial charge >= 0.3 is 0 Å². The quantitative estimate of drug-likeness (QED) is 0.662. The third kappa shape index (κ3) is 4.29. The van der Waals surface area contributed by atoms with Gasteiger partial charge in [-0.3, -0.25) is 9.69 Å². The molecule has 0 radical (unpaired) electrons. The Morgan fingerprint density at radius 3 is 2.75 bits per heavy atom. The van der Waals surface area contributed by atoms with E-state index in [-0.39, 0.29) is 5.91 Å². The van der Waals surface area contributed by atoms with Crippen LogP contribution in [0.5, 0.6) is 5.75 Å². The molecule has 3 heterocycles. The Hall–Kier alpha value is -2.57. The molecular formula is C21H23ClN4O2. The van der Waals surface area contributed by atoms with Gasteiger partial charge in [0.25, 0.3) is 5.91 Å². The van der Waals surface area contributed by atoms with Gasteiger partial charge in [-0.1, -0.05) is 23.7 Å². The fourth-order valence-electron chi connectivity index (χ4n) is 3.47. The van der Waals surface area contributed by atoms with Crippen molar-refractivity contribution in [3.8, 4) is 5.75 Å². The molecule has 1 atom stereocenters. The van der Waals surface area contributed by atoms with Crippen LogP contribution in [0, 0.1) is 0 Å². The summed E-state index contributed by atoms with van der Waals surface area (Å²) in [5.41, 5.74) is 2.00. The maximum Gasteiger partial charge on any atom is 0.263 e. The lowest BCUT2D eigenvalue weighted by atomic mass is 10.2. The van der Waals surface area contributed by atoms with Gasteiger partial charge < -0.3 is 14.0 Å². The van der Waals surface area contributed by atoms with E-state index in [1.165, 1.54) is 0 Å². The number of pyridine rings is 1. The summed E-state index contributed by atoms with van der Waals surface area (Å²) in [6, 6.07) is 13.1. The van der Waals surface area contributed by atoms with E-state index in [1.807, 2.05) is 45.8 Å². The number of hydrogen-bond acceptors (Lipinski definition) is 4. The van der Waals surface area contributed by atoms with Crippen molar-refractivity contribution in [2.45, 2.75) is 19.6 Å². The molecule has 1 saturated heterocycles. The largest absolute Gasteiger partial charge is 0.481 e. The lowest BCUT2D eigenvalue weighted by molar-refractivity contribution is -0.139. The molecule has 28 heavy (non-hydrogen) atoms. The zero-order valence-electron chi connectivity index (χ0n) is 15.8. The number of imidazole rings is 1. The van der Waals surface area contributed by atoms with Crippen LogP contribution < -0.4 is 4.74 Å². The van der Waals surface area contributed by atoms with Crippen molar-refractivity contribution < 1.29 is 9.53 Å². The minimum absolute atomic E-state index is 0.00681. The second kappa shape index (κ2) is 8.20. The maximum atomic E-state index is 12.7. The highest BCUT2D eigenvalue weighted by atomic mass is 35.5. The standard InChI is InChI=1S/C21H23ClN4O2/c1-16(28-19-6-4-5-17(22)13-19)21(27)25-11-9-24(10-12-25)14-18-15-26-8-3-2-7-20(26)23-18/h2-8,13,15-16H,9-12,14H2,1H3. The fraction of sp³-hybridized carbons (Fsp3) is 0.333. The maximum absolute atomic E-state index is 12.7. The molecule has 4 rings (SSSR count). The van der Waals surface area contributed by atoms with Crippen LogP contribution in [0.1, 0.15) is 12.6 Å². The topological polar surface area (TPSA) is 50.1 Å². The van der Waals surface area contributed by atoms with Gasteiger partial charge in [-0.05, 0) is 37.3 Å². The normalized spacial score (nSPS) is 16.3. The Balaban J connectivity index is 1.30. The number of piperazine rings is 1. The molecule has 1 aromatic carbocycles. The van der Waals surface area contributed by atoms with E-state index in [2.05, 4.69) is 16.1 Å². The van der Waals surface area contributed by atoms with Crippen LogP contribution in [0.2, 0.25) is 5.02 Å². The number of carbonyl (C=O) groups excluding carboxylic acids is 1. The van der Waals surface area contributed by atoms with Crippen molar-refractivity contribution in [3.05, 3.63) is 65.6 Å². The highest BCUT2D eigenvalue weighted by molar-refractivity contribution is 6.30. The molecule has 1 aliphatic heterocycles. The molecular weight excluding hydrogens is 376 g/mol. The van der Waals surface area contributed by atoms with Crippen molar-refractivity contribution in [2.75, 3.05) is 26.2 Å². The molecule has 3 aromatic rings. The van der Waals surface area contributed by atoms with Gasteiger partial charge in [-0.2, -0.15) is 0 Å². The van der Waals surface area contributed by atoms with Crippen molar-refractivity contribution >= 4 is 23.2 Å². The fourth-order valence-corrected chi connectivity index (χ4v) is 3.65. The molecule has 1 aliphatic rings. The summed E-state index contributed by atoms with van der Waals surface area (Å²) in [6.45, 7) is 5.60. The van der Waals surface area contributed by atoms with Crippen LogP contribution in [-0.4, -0.2) is 57.4 Å². The minimum atomic E-state index is -0.538. The number of ether oxygens (including phenoxy) is 1. The van der Waals surface area contributed by atoms with E-state index in [1.54, 1.807) is 19.1 Å². The average Bonchev–Trinajstić information content (AvgIpc) is 3.10. The van der Waals surface area contributed by atoms with Crippen molar-refractivity contribution in [3.63, 3.8) is 0 Å². The van der Waals surface area contributed by atoms with Crippen LogP contribution in [0.25, 0.3) is 5.65 Å². The van der Waals surface area contributed by atoms with Gasteiger partial charge in [0.15, 0.2) is 6.10 Å². The van der Waals surface area contributed by atoms with E-state index in [9.17, 15) is 4.79 Å². The average molecular weight is 399 g/mol. The SMILES string of the molecule is CC(Oc1cccc(Cl)c1)C(=O)N1CCN(Cc2cn3ccccc3n2)CC1. The monoisotopic (exact) mass is 398 g/mol. The molecule has 1 amide bonds. The smallest absolute Gasteiger partial charge is 0.263 e. The highest BCUT2D eigenvalue weighted by Gasteiger charge is 2.26. The number of amides is 1. The number of halogens is 1. The van der Waals surface area contributed by atoms with E-state index < -0.39 is 6.10 Å². The molecule has 0 saturated carbocycles. The Morgan fingerprint density at radius 2 is 2.00 bits per heavy atom. The van der Waals surface area contributed by atoms with Gasteiger partial charge in [0.1, 0.15) is 11.4 Å². The van der Waals surface area contributed by atoms with Crippen LogP contribution in [0.15, 0.2) is 54.9 Å². The first-order valence-electron chi connectivity index (χ1n) is 9.44. The molecule has 0 N–H and O–H groups in total. The number of rotatable bonds is 5. The second-order valence-electron chi connectivity index (χ2n) is 7.02. The lowest BCUT2D eigenvalue weighted by Gasteiger charge is -2.35. The first kappa shape index (κ1) is 18.8. The second-order valence-corrected chi connectivity index (χ2v) is 7.45. The summed E-state index contributed by atoms with van der Waals surface area (Å²) in [4.78, 5) is 21.6. The number of benzene rings is 1. The summed E-state index contributed by atoms with van der Waals surface area (Å²) < 4.78 is 7.80. The number of carbonyl (C=O) groups is 1. The van der Waals surface area contributed by atoms with Gasteiger partial charge in [-0.15, -0.1) is 0 Å². The molecule has 7 heteroatoms. The van der Waals surface area contributed by atoms with Crippen LogP contribution in [0.4, 0.5) is 0 Å². The predicted octanol–water partition coefficient (Wildman–Crippen LogP) is 3.10. The first-order chi connectivity index (χ1) is 13.6. The summed E-state index contributed by atoms with van der Waals surface area (Å²) in [6.07, 6.45) is 3.53. The molecule has 2 aromatic heterocycles. The molecule has 1 unspecified atom stereocenters. The summed E-state index contributed by atoms with van der Waals surface area (Å²) in [7, 11) is 0. The molecule has 0 aliphatic carbocycles. The number of aromatic nitrogens is 2. The van der Waals surface area contributed by atoms with E-state index in [4.69, 9.17) is 16.3 Å². The van der Waals surface area contributed by atoms with Gasteiger partial charge in [-0.25, -0.2) is 4.98 Å². The Kier molecular flexibility index (Phi) is 5.50. The van der Waals surface area contributed by atoms with Crippen LogP contribution >= 0.6 is 11.6 Å². The third-order valence-electron chi connectivity index (χ3n) is 4.94. The van der Waals surface area contributed by atoms with Crippen molar-refractivity contribution in [1.82, 2.24) is 19.2 Å². The van der Waals surface area contributed by atoms with E-state index >= 15 is 0 Å².